The molecule has 7 heteroatoms. The Hall–Kier alpha value is -1.76. The summed E-state index contributed by atoms with van der Waals surface area (Å²) in [5.74, 6) is 0. The van der Waals surface area contributed by atoms with Crippen molar-refractivity contribution in [2.45, 2.75) is 38.1 Å². The molecule has 1 unspecified atom stereocenters. The number of ether oxygens (including phenoxy) is 1. The highest BCUT2D eigenvalue weighted by atomic mass is 19.4. The SMILES string of the molecule is CC(C)(C)OC(=O)N1CCNC(c2ccccc2)(C(F)(F)F)C1. The van der Waals surface area contributed by atoms with Crippen LogP contribution in [0.2, 0.25) is 0 Å². The summed E-state index contributed by atoms with van der Waals surface area (Å²) in [5.41, 5.74) is -2.96. The van der Waals surface area contributed by atoms with Crippen molar-refractivity contribution < 1.29 is 22.7 Å². The first kappa shape index (κ1) is 17.6. The molecule has 1 amide bonds. The summed E-state index contributed by atoms with van der Waals surface area (Å²) in [6.45, 7) is 4.73. The third-order valence-corrected chi connectivity index (χ3v) is 3.64. The summed E-state index contributed by atoms with van der Waals surface area (Å²) in [4.78, 5) is 13.3. The monoisotopic (exact) mass is 330 g/mol. The summed E-state index contributed by atoms with van der Waals surface area (Å²) in [6.07, 6.45) is -5.28. The normalized spacial score (nSPS) is 22.8. The third kappa shape index (κ3) is 3.77. The van der Waals surface area contributed by atoms with Crippen LogP contribution in [0.5, 0.6) is 0 Å². The highest BCUT2D eigenvalue weighted by Crippen LogP contribution is 2.41. The van der Waals surface area contributed by atoms with Gasteiger partial charge in [-0.2, -0.15) is 13.2 Å². The Kier molecular flexibility index (Phi) is 4.61. The molecule has 0 bridgehead atoms. The lowest BCUT2D eigenvalue weighted by Crippen LogP contribution is -2.66. The molecule has 1 atom stereocenters. The number of alkyl halides is 3. The Balaban J connectivity index is 2.32. The van der Waals surface area contributed by atoms with E-state index < -0.39 is 30.0 Å². The molecule has 0 spiro atoms. The van der Waals surface area contributed by atoms with Crippen LogP contribution in [0, 0.1) is 0 Å². The van der Waals surface area contributed by atoms with Gasteiger partial charge in [-0.05, 0) is 26.3 Å². The summed E-state index contributed by atoms with van der Waals surface area (Å²) >= 11 is 0. The molecule has 1 aromatic carbocycles. The van der Waals surface area contributed by atoms with Crippen LogP contribution < -0.4 is 5.32 Å². The lowest BCUT2D eigenvalue weighted by molar-refractivity contribution is -0.210. The Morgan fingerprint density at radius 3 is 2.35 bits per heavy atom. The minimum Gasteiger partial charge on any atom is -0.444 e. The van der Waals surface area contributed by atoms with Gasteiger partial charge >= 0.3 is 12.3 Å². The molecule has 1 fully saturated rings. The van der Waals surface area contributed by atoms with Gasteiger partial charge in [0.25, 0.3) is 0 Å². The summed E-state index contributed by atoms with van der Waals surface area (Å²) in [7, 11) is 0. The molecule has 0 radical (unpaired) electrons. The van der Waals surface area contributed by atoms with Crippen LogP contribution in [0.25, 0.3) is 0 Å². The van der Waals surface area contributed by atoms with Gasteiger partial charge in [-0.15, -0.1) is 0 Å². The molecule has 0 aromatic heterocycles. The molecule has 0 saturated carbocycles. The fourth-order valence-electron chi connectivity index (χ4n) is 2.58. The van der Waals surface area contributed by atoms with Gasteiger partial charge in [0.2, 0.25) is 0 Å². The lowest BCUT2D eigenvalue weighted by Gasteiger charge is -2.44. The fraction of sp³-hybridized carbons (Fsp3) is 0.562. The minimum absolute atomic E-state index is 0.0354. The van der Waals surface area contributed by atoms with Crippen LogP contribution in [0.3, 0.4) is 0 Å². The van der Waals surface area contributed by atoms with Crippen molar-refractivity contribution in [2.24, 2.45) is 0 Å². The molecule has 1 aromatic rings. The Morgan fingerprint density at radius 1 is 1.22 bits per heavy atom. The third-order valence-electron chi connectivity index (χ3n) is 3.64. The average molecular weight is 330 g/mol. The number of nitrogens with zero attached hydrogens (tertiary/aromatic N) is 1. The molecule has 2 rings (SSSR count). The maximum Gasteiger partial charge on any atom is 0.412 e. The summed E-state index contributed by atoms with van der Waals surface area (Å²) in [6, 6.07) is 7.59. The second-order valence-corrected chi connectivity index (χ2v) is 6.60. The van der Waals surface area contributed by atoms with E-state index in [1.54, 1.807) is 39.0 Å². The number of benzene rings is 1. The van der Waals surface area contributed by atoms with Crippen molar-refractivity contribution >= 4 is 6.09 Å². The average Bonchev–Trinajstić information content (AvgIpc) is 2.45. The number of piperazine rings is 1. The standard InChI is InChI=1S/C16H21F3N2O2/c1-14(2,3)23-13(22)21-10-9-20-15(11-21,16(17,18)19)12-7-5-4-6-8-12/h4-8,20H,9-11H2,1-3H3. The fourth-order valence-corrected chi connectivity index (χ4v) is 2.58. The molecule has 1 aliphatic heterocycles. The van der Waals surface area contributed by atoms with Crippen LogP contribution >= 0.6 is 0 Å². The number of hydrogen-bond acceptors (Lipinski definition) is 3. The highest BCUT2D eigenvalue weighted by molar-refractivity contribution is 5.68. The van der Waals surface area contributed by atoms with E-state index in [1.807, 2.05) is 0 Å². The molecular formula is C16H21F3N2O2. The van der Waals surface area contributed by atoms with Crippen LogP contribution in [0.4, 0.5) is 18.0 Å². The van der Waals surface area contributed by atoms with Crippen LogP contribution in [-0.2, 0) is 10.3 Å². The molecule has 23 heavy (non-hydrogen) atoms. The highest BCUT2D eigenvalue weighted by Gasteiger charge is 2.58. The largest absolute Gasteiger partial charge is 0.444 e. The second kappa shape index (κ2) is 6.03. The van der Waals surface area contributed by atoms with Gasteiger partial charge in [0.05, 0.1) is 6.54 Å². The first-order valence-corrected chi connectivity index (χ1v) is 7.40. The Labute approximate surface area is 133 Å². The van der Waals surface area contributed by atoms with Gasteiger partial charge in [-0.3, -0.25) is 5.32 Å². The molecule has 128 valence electrons. The predicted molar refractivity (Wildman–Crippen MR) is 80.0 cm³/mol. The first-order chi connectivity index (χ1) is 10.6. The van der Waals surface area contributed by atoms with E-state index in [0.29, 0.717) is 0 Å². The number of carbonyl (C=O) groups excluding carboxylic acids is 1. The maximum atomic E-state index is 13.8. The molecule has 1 N–H and O–H groups in total. The molecule has 1 heterocycles. The zero-order valence-electron chi connectivity index (χ0n) is 13.4. The minimum atomic E-state index is -4.55. The van der Waals surface area contributed by atoms with E-state index >= 15 is 0 Å². The van der Waals surface area contributed by atoms with E-state index in [0.717, 1.165) is 4.90 Å². The van der Waals surface area contributed by atoms with Crippen LogP contribution in [0.1, 0.15) is 26.3 Å². The van der Waals surface area contributed by atoms with Gasteiger partial charge in [-0.1, -0.05) is 30.3 Å². The van der Waals surface area contributed by atoms with E-state index in [1.165, 1.54) is 12.1 Å². The smallest absolute Gasteiger partial charge is 0.412 e. The molecule has 1 saturated heterocycles. The van der Waals surface area contributed by atoms with Gasteiger partial charge in [-0.25, -0.2) is 4.79 Å². The van der Waals surface area contributed by atoms with Crippen molar-refractivity contribution in [3.05, 3.63) is 35.9 Å². The second-order valence-electron chi connectivity index (χ2n) is 6.60. The van der Waals surface area contributed by atoms with Crippen LogP contribution in [-0.4, -0.2) is 42.4 Å². The van der Waals surface area contributed by atoms with Crippen LogP contribution in [0.15, 0.2) is 30.3 Å². The zero-order chi connectivity index (χ0) is 17.3. The maximum absolute atomic E-state index is 13.8. The number of halogens is 3. The van der Waals surface area contributed by atoms with E-state index in [2.05, 4.69) is 5.32 Å². The molecular weight excluding hydrogens is 309 g/mol. The number of hydrogen-bond donors (Lipinski definition) is 1. The van der Waals surface area contributed by atoms with Crippen molar-refractivity contribution in [3.8, 4) is 0 Å². The molecule has 1 aliphatic rings. The van der Waals surface area contributed by atoms with E-state index in [9.17, 15) is 18.0 Å². The summed E-state index contributed by atoms with van der Waals surface area (Å²) in [5, 5.41) is 2.56. The van der Waals surface area contributed by atoms with Gasteiger partial charge < -0.3 is 9.64 Å². The van der Waals surface area contributed by atoms with Gasteiger partial charge in [0, 0.05) is 13.1 Å². The number of carbonyl (C=O) groups is 1. The topological polar surface area (TPSA) is 41.6 Å². The van der Waals surface area contributed by atoms with Crippen molar-refractivity contribution in [1.82, 2.24) is 10.2 Å². The van der Waals surface area contributed by atoms with E-state index in [4.69, 9.17) is 4.74 Å². The van der Waals surface area contributed by atoms with Gasteiger partial charge in [0.1, 0.15) is 5.60 Å². The number of rotatable bonds is 1. The number of amides is 1. The Morgan fingerprint density at radius 2 is 1.83 bits per heavy atom. The molecule has 4 nitrogen and oxygen atoms in total. The van der Waals surface area contributed by atoms with Gasteiger partial charge in [0.15, 0.2) is 5.54 Å². The number of nitrogens with one attached hydrogen (secondary N) is 1. The predicted octanol–water partition coefficient (Wildman–Crippen LogP) is 3.28. The summed E-state index contributed by atoms with van der Waals surface area (Å²) < 4.78 is 46.7. The molecule has 0 aliphatic carbocycles. The van der Waals surface area contributed by atoms with Crippen molar-refractivity contribution in [3.63, 3.8) is 0 Å². The van der Waals surface area contributed by atoms with E-state index in [-0.39, 0.29) is 18.7 Å². The Bertz CT molecular complexity index is 555. The first-order valence-electron chi connectivity index (χ1n) is 7.40. The quantitative estimate of drug-likeness (QED) is 0.859. The lowest BCUT2D eigenvalue weighted by atomic mass is 9.87. The van der Waals surface area contributed by atoms with Crippen molar-refractivity contribution in [1.29, 1.82) is 0 Å². The zero-order valence-corrected chi connectivity index (χ0v) is 13.4. The van der Waals surface area contributed by atoms with Crippen molar-refractivity contribution in [2.75, 3.05) is 19.6 Å².